The zero-order valence-electron chi connectivity index (χ0n) is 9.73. The third kappa shape index (κ3) is 3.21. The monoisotopic (exact) mass is 194 g/mol. The van der Waals surface area contributed by atoms with Crippen LogP contribution in [0, 0.1) is 5.92 Å². The summed E-state index contributed by atoms with van der Waals surface area (Å²) in [4.78, 5) is 0. The molecule has 14 heavy (non-hydrogen) atoms. The average molecular weight is 194 g/mol. The standard InChI is InChI=1S/C13H22O/c1-10(2)11(3)14-12(4)13-8-6-5-7-9-13/h13H,4-9H2,1-3H3. The highest BCUT2D eigenvalue weighted by atomic mass is 16.5. The average Bonchev–Trinajstić information content (AvgIpc) is 2.19. The molecule has 0 aromatic rings. The van der Waals surface area contributed by atoms with Crippen LogP contribution in [0.5, 0.6) is 0 Å². The first-order chi connectivity index (χ1) is 6.61. The van der Waals surface area contributed by atoms with E-state index in [0.717, 1.165) is 11.5 Å². The van der Waals surface area contributed by atoms with Crippen LogP contribution in [0.25, 0.3) is 0 Å². The van der Waals surface area contributed by atoms with E-state index in [1.807, 2.05) is 6.92 Å². The van der Waals surface area contributed by atoms with Gasteiger partial charge in [0.2, 0.25) is 0 Å². The zero-order valence-corrected chi connectivity index (χ0v) is 9.73. The van der Waals surface area contributed by atoms with Gasteiger partial charge in [0.05, 0.1) is 11.5 Å². The van der Waals surface area contributed by atoms with Gasteiger partial charge in [-0.15, -0.1) is 0 Å². The topological polar surface area (TPSA) is 9.23 Å². The number of allylic oxidation sites excluding steroid dienone is 3. The Labute approximate surface area is 87.8 Å². The molecule has 0 spiro atoms. The van der Waals surface area contributed by atoms with Crippen LogP contribution >= 0.6 is 0 Å². The van der Waals surface area contributed by atoms with Gasteiger partial charge < -0.3 is 4.74 Å². The van der Waals surface area contributed by atoms with Gasteiger partial charge in [-0.3, -0.25) is 0 Å². The molecule has 0 aliphatic heterocycles. The Hall–Kier alpha value is -0.720. The van der Waals surface area contributed by atoms with E-state index in [1.54, 1.807) is 0 Å². The van der Waals surface area contributed by atoms with Gasteiger partial charge in [0.15, 0.2) is 0 Å². The van der Waals surface area contributed by atoms with Gasteiger partial charge in [-0.1, -0.05) is 25.8 Å². The smallest absolute Gasteiger partial charge is 0.0995 e. The first-order valence-electron chi connectivity index (χ1n) is 5.62. The number of ether oxygens (including phenoxy) is 1. The van der Waals surface area contributed by atoms with E-state index < -0.39 is 0 Å². The summed E-state index contributed by atoms with van der Waals surface area (Å²) < 4.78 is 5.74. The molecule has 0 radical (unpaired) electrons. The minimum atomic E-state index is 0.595. The molecule has 1 rings (SSSR count). The van der Waals surface area contributed by atoms with Crippen molar-refractivity contribution >= 4 is 0 Å². The number of hydrogen-bond acceptors (Lipinski definition) is 1. The summed E-state index contributed by atoms with van der Waals surface area (Å²) in [6.07, 6.45) is 6.57. The van der Waals surface area contributed by atoms with Crippen LogP contribution in [0.1, 0.15) is 52.9 Å². The lowest BCUT2D eigenvalue weighted by Gasteiger charge is -2.24. The Morgan fingerprint density at radius 3 is 2.14 bits per heavy atom. The molecule has 1 nitrogen and oxygen atoms in total. The molecule has 0 amide bonds. The highest BCUT2D eigenvalue weighted by Crippen LogP contribution is 2.30. The van der Waals surface area contributed by atoms with Crippen LogP contribution in [0.2, 0.25) is 0 Å². The Morgan fingerprint density at radius 2 is 1.64 bits per heavy atom. The molecule has 1 heteroatoms. The van der Waals surface area contributed by atoms with E-state index in [4.69, 9.17) is 4.74 Å². The second-order valence-electron chi connectivity index (χ2n) is 4.46. The van der Waals surface area contributed by atoms with E-state index in [-0.39, 0.29) is 0 Å². The quantitative estimate of drug-likeness (QED) is 0.605. The first kappa shape index (κ1) is 11.4. The predicted molar refractivity (Wildman–Crippen MR) is 60.8 cm³/mol. The fourth-order valence-electron chi connectivity index (χ4n) is 1.81. The van der Waals surface area contributed by atoms with E-state index in [9.17, 15) is 0 Å². The second-order valence-corrected chi connectivity index (χ2v) is 4.46. The first-order valence-corrected chi connectivity index (χ1v) is 5.62. The number of rotatable bonds is 3. The van der Waals surface area contributed by atoms with Crippen molar-refractivity contribution in [2.24, 2.45) is 5.92 Å². The SMILES string of the molecule is C=C(OC(C)=C(C)C)C1CCCCC1. The molecule has 80 valence electrons. The fourth-order valence-corrected chi connectivity index (χ4v) is 1.81. The van der Waals surface area contributed by atoms with Gasteiger partial charge in [-0.25, -0.2) is 0 Å². The molecular formula is C13H22O. The van der Waals surface area contributed by atoms with Crippen LogP contribution in [-0.2, 0) is 4.74 Å². The largest absolute Gasteiger partial charge is 0.467 e. The molecule has 1 aliphatic carbocycles. The third-order valence-corrected chi connectivity index (χ3v) is 3.05. The predicted octanol–water partition coefficient (Wildman–Crippen LogP) is 4.41. The molecular weight excluding hydrogens is 172 g/mol. The van der Waals surface area contributed by atoms with Gasteiger partial charge in [0.1, 0.15) is 0 Å². The minimum absolute atomic E-state index is 0.595. The van der Waals surface area contributed by atoms with E-state index >= 15 is 0 Å². The van der Waals surface area contributed by atoms with E-state index in [0.29, 0.717) is 5.92 Å². The summed E-state index contributed by atoms with van der Waals surface area (Å²) in [6, 6.07) is 0. The Balaban J connectivity index is 2.45. The molecule has 1 saturated carbocycles. The molecule has 0 aromatic carbocycles. The molecule has 0 N–H and O–H groups in total. The van der Waals surface area contributed by atoms with Crippen molar-refractivity contribution in [1.82, 2.24) is 0 Å². The molecule has 0 atom stereocenters. The van der Waals surface area contributed by atoms with Gasteiger partial charge in [0.25, 0.3) is 0 Å². The zero-order chi connectivity index (χ0) is 10.6. The van der Waals surface area contributed by atoms with Crippen molar-refractivity contribution in [2.75, 3.05) is 0 Å². The van der Waals surface area contributed by atoms with Gasteiger partial charge in [-0.05, 0) is 39.2 Å². The van der Waals surface area contributed by atoms with Gasteiger partial charge in [-0.2, -0.15) is 0 Å². The summed E-state index contributed by atoms with van der Waals surface area (Å²) in [5.74, 6) is 2.59. The van der Waals surface area contributed by atoms with E-state index in [1.165, 1.54) is 37.7 Å². The summed E-state index contributed by atoms with van der Waals surface area (Å²) in [7, 11) is 0. The van der Waals surface area contributed by atoms with Crippen LogP contribution in [0.3, 0.4) is 0 Å². The van der Waals surface area contributed by atoms with Crippen molar-refractivity contribution in [3.63, 3.8) is 0 Å². The van der Waals surface area contributed by atoms with Crippen molar-refractivity contribution in [2.45, 2.75) is 52.9 Å². The van der Waals surface area contributed by atoms with Crippen LogP contribution in [0.15, 0.2) is 23.7 Å². The summed E-state index contributed by atoms with van der Waals surface area (Å²) in [6.45, 7) is 10.2. The van der Waals surface area contributed by atoms with Crippen LogP contribution in [-0.4, -0.2) is 0 Å². The Bertz CT molecular complexity index is 228. The second kappa shape index (κ2) is 5.23. The summed E-state index contributed by atoms with van der Waals surface area (Å²) in [5, 5.41) is 0. The number of hydrogen-bond donors (Lipinski definition) is 0. The summed E-state index contributed by atoms with van der Waals surface area (Å²) in [5.41, 5.74) is 1.24. The molecule has 1 fully saturated rings. The maximum atomic E-state index is 5.74. The lowest BCUT2D eigenvalue weighted by molar-refractivity contribution is 0.224. The summed E-state index contributed by atoms with van der Waals surface area (Å²) >= 11 is 0. The Kier molecular flexibility index (Phi) is 4.24. The highest BCUT2D eigenvalue weighted by Gasteiger charge is 2.17. The van der Waals surface area contributed by atoms with Gasteiger partial charge >= 0.3 is 0 Å². The lowest BCUT2D eigenvalue weighted by Crippen LogP contribution is -2.10. The normalized spacial score (nSPS) is 17.6. The lowest BCUT2D eigenvalue weighted by atomic mass is 9.88. The molecule has 0 saturated heterocycles. The van der Waals surface area contributed by atoms with E-state index in [2.05, 4.69) is 20.4 Å². The third-order valence-electron chi connectivity index (χ3n) is 3.05. The van der Waals surface area contributed by atoms with Crippen molar-refractivity contribution in [1.29, 1.82) is 0 Å². The van der Waals surface area contributed by atoms with Crippen LogP contribution in [0.4, 0.5) is 0 Å². The molecule has 0 aromatic heterocycles. The maximum absolute atomic E-state index is 5.74. The van der Waals surface area contributed by atoms with Crippen molar-refractivity contribution in [3.05, 3.63) is 23.7 Å². The van der Waals surface area contributed by atoms with Crippen molar-refractivity contribution < 1.29 is 4.74 Å². The van der Waals surface area contributed by atoms with Crippen LogP contribution < -0.4 is 0 Å². The molecule has 0 unspecified atom stereocenters. The maximum Gasteiger partial charge on any atom is 0.0995 e. The Morgan fingerprint density at radius 1 is 1.07 bits per heavy atom. The molecule has 1 aliphatic rings. The molecule has 0 heterocycles. The van der Waals surface area contributed by atoms with Crippen molar-refractivity contribution in [3.8, 4) is 0 Å². The fraction of sp³-hybridized carbons (Fsp3) is 0.692. The van der Waals surface area contributed by atoms with Gasteiger partial charge in [0, 0.05) is 5.92 Å². The highest BCUT2D eigenvalue weighted by molar-refractivity contribution is 5.05. The molecule has 0 bridgehead atoms. The minimum Gasteiger partial charge on any atom is -0.467 e.